The maximum absolute atomic E-state index is 13.1. The van der Waals surface area contributed by atoms with E-state index in [0.717, 1.165) is 18.5 Å². The van der Waals surface area contributed by atoms with E-state index in [9.17, 15) is 22.9 Å². The molecule has 0 saturated carbocycles. The molecule has 3 rings (SSSR count). The molecule has 1 heterocycles. The molecule has 0 spiro atoms. The van der Waals surface area contributed by atoms with Crippen molar-refractivity contribution in [1.82, 2.24) is 9.21 Å². The van der Waals surface area contributed by atoms with Gasteiger partial charge in [-0.05, 0) is 36.2 Å². The smallest absolute Gasteiger partial charge is 0.293 e. The number of halogens is 1. The van der Waals surface area contributed by atoms with E-state index in [-0.39, 0.29) is 16.4 Å². The fraction of sp³-hybridized carbons (Fsp3) is 0.455. The molecule has 0 aliphatic carbocycles. The molecule has 0 aromatic heterocycles. The normalized spacial score (nSPS) is 15.7. The van der Waals surface area contributed by atoms with E-state index in [1.54, 1.807) is 32.0 Å². The number of nitrogens with zero attached hydrogens (tertiary/aromatic N) is 4. The monoisotopic (exact) mass is 464 g/mol. The first kappa shape index (κ1) is 24.1. The van der Waals surface area contributed by atoms with Crippen LogP contribution in [0, 0.1) is 15.9 Å². The van der Waals surface area contributed by atoms with Gasteiger partial charge in [-0.25, -0.2) is 12.8 Å². The second-order valence-corrected chi connectivity index (χ2v) is 9.68. The van der Waals surface area contributed by atoms with E-state index < -0.39 is 14.9 Å². The Bertz CT molecular complexity index is 1040. The number of sulfonamides is 1. The summed E-state index contributed by atoms with van der Waals surface area (Å²) in [6.07, 6.45) is 0.803. The topological polar surface area (TPSA) is 87.0 Å². The average molecular weight is 465 g/mol. The highest BCUT2D eigenvalue weighted by Gasteiger charge is 2.28. The van der Waals surface area contributed by atoms with Gasteiger partial charge in [-0.1, -0.05) is 26.0 Å². The van der Waals surface area contributed by atoms with Gasteiger partial charge in [-0.3, -0.25) is 15.0 Å². The van der Waals surface area contributed by atoms with Crippen LogP contribution in [0.1, 0.15) is 25.8 Å². The van der Waals surface area contributed by atoms with Gasteiger partial charge in [0.25, 0.3) is 5.69 Å². The first-order chi connectivity index (χ1) is 15.3. The molecule has 2 aromatic carbocycles. The van der Waals surface area contributed by atoms with Crippen molar-refractivity contribution in [2.45, 2.75) is 31.7 Å². The third kappa shape index (κ3) is 5.43. The molecule has 2 aromatic rings. The van der Waals surface area contributed by atoms with Crippen LogP contribution in [-0.4, -0.2) is 61.8 Å². The van der Waals surface area contributed by atoms with E-state index in [2.05, 4.69) is 4.90 Å². The highest BCUT2D eigenvalue weighted by molar-refractivity contribution is 7.89. The Morgan fingerprint density at radius 2 is 1.72 bits per heavy atom. The van der Waals surface area contributed by atoms with Gasteiger partial charge in [0.15, 0.2) is 0 Å². The summed E-state index contributed by atoms with van der Waals surface area (Å²) in [6, 6.07) is 10.6. The Morgan fingerprint density at radius 3 is 2.34 bits per heavy atom. The van der Waals surface area contributed by atoms with Crippen LogP contribution >= 0.6 is 0 Å². The standard InChI is InChI=1S/C22H29FN4O4S/c1-3-26(4-2)32(30,31)20-10-11-21(22(16-20)27(28)29)25-13-5-12-24(14-15-25)17-18-6-8-19(23)9-7-18/h6-11,16H,3-5,12-15,17H2,1-2H3. The second-order valence-electron chi connectivity index (χ2n) is 7.74. The lowest BCUT2D eigenvalue weighted by Crippen LogP contribution is -2.32. The molecule has 10 heteroatoms. The molecule has 0 atom stereocenters. The van der Waals surface area contributed by atoms with Gasteiger partial charge < -0.3 is 4.90 Å². The van der Waals surface area contributed by atoms with Gasteiger partial charge in [0.05, 0.1) is 9.82 Å². The summed E-state index contributed by atoms with van der Waals surface area (Å²) < 4.78 is 40.0. The molecule has 0 radical (unpaired) electrons. The Hall–Kier alpha value is -2.56. The SMILES string of the molecule is CCN(CC)S(=O)(=O)c1ccc(N2CCCN(Cc3ccc(F)cc3)CC2)c([N+](=O)[O-])c1. The maximum atomic E-state index is 13.1. The van der Waals surface area contributed by atoms with Crippen LogP contribution in [0.3, 0.4) is 0 Å². The average Bonchev–Trinajstić information content (AvgIpc) is 3.01. The van der Waals surface area contributed by atoms with Gasteiger partial charge in [0.2, 0.25) is 10.0 Å². The lowest BCUT2D eigenvalue weighted by Gasteiger charge is -2.24. The second kappa shape index (κ2) is 10.4. The summed E-state index contributed by atoms with van der Waals surface area (Å²) in [5.41, 5.74) is 1.24. The Kier molecular flexibility index (Phi) is 7.81. The molecule has 0 N–H and O–H groups in total. The minimum atomic E-state index is -3.78. The number of anilines is 1. The van der Waals surface area contributed by atoms with Crippen LogP contribution in [0.4, 0.5) is 15.8 Å². The summed E-state index contributed by atoms with van der Waals surface area (Å²) in [6.45, 7) is 7.45. The zero-order valence-electron chi connectivity index (χ0n) is 18.4. The van der Waals surface area contributed by atoms with Crippen molar-refractivity contribution in [2.75, 3.05) is 44.2 Å². The quantitative estimate of drug-likeness (QED) is 0.439. The summed E-state index contributed by atoms with van der Waals surface area (Å²) in [5.74, 6) is -0.269. The van der Waals surface area contributed by atoms with E-state index in [0.29, 0.717) is 45.0 Å². The predicted octanol–water partition coefficient (Wildman–Crippen LogP) is 3.48. The molecule has 8 nitrogen and oxygen atoms in total. The third-order valence-electron chi connectivity index (χ3n) is 5.74. The predicted molar refractivity (Wildman–Crippen MR) is 122 cm³/mol. The van der Waals surface area contributed by atoms with Crippen molar-refractivity contribution >= 4 is 21.4 Å². The number of nitro groups is 1. The zero-order chi connectivity index (χ0) is 23.3. The third-order valence-corrected chi connectivity index (χ3v) is 7.78. The van der Waals surface area contributed by atoms with Gasteiger partial charge >= 0.3 is 0 Å². The minimum Gasteiger partial charge on any atom is -0.365 e. The molecule has 1 aliphatic heterocycles. The van der Waals surface area contributed by atoms with Crippen molar-refractivity contribution in [2.24, 2.45) is 0 Å². The Labute approximate surface area is 188 Å². The maximum Gasteiger partial charge on any atom is 0.293 e. The van der Waals surface area contributed by atoms with Crippen LogP contribution in [-0.2, 0) is 16.6 Å². The minimum absolute atomic E-state index is 0.0654. The summed E-state index contributed by atoms with van der Waals surface area (Å²) in [5, 5.41) is 11.8. The van der Waals surface area contributed by atoms with Crippen molar-refractivity contribution in [1.29, 1.82) is 0 Å². The lowest BCUT2D eigenvalue weighted by molar-refractivity contribution is -0.384. The highest BCUT2D eigenvalue weighted by Crippen LogP contribution is 2.32. The van der Waals surface area contributed by atoms with E-state index in [1.165, 1.54) is 28.6 Å². The van der Waals surface area contributed by atoms with Crippen molar-refractivity contribution in [3.63, 3.8) is 0 Å². The van der Waals surface area contributed by atoms with Gasteiger partial charge in [-0.15, -0.1) is 0 Å². The molecule has 32 heavy (non-hydrogen) atoms. The van der Waals surface area contributed by atoms with E-state index in [4.69, 9.17) is 0 Å². The first-order valence-electron chi connectivity index (χ1n) is 10.8. The lowest BCUT2D eigenvalue weighted by atomic mass is 10.2. The molecule has 0 amide bonds. The molecule has 174 valence electrons. The summed E-state index contributed by atoms with van der Waals surface area (Å²) in [4.78, 5) is 15.4. The highest BCUT2D eigenvalue weighted by atomic mass is 32.2. The van der Waals surface area contributed by atoms with Crippen LogP contribution in [0.15, 0.2) is 47.4 Å². The summed E-state index contributed by atoms with van der Waals surface area (Å²) >= 11 is 0. The molecule has 0 unspecified atom stereocenters. The van der Waals surface area contributed by atoms with Crippen molar-refractivity contribution in [3.05, 3.63) is 64.0 Å². The fourth-order valence-corrected chi connectivity index (χ4v) is 5.49. The van der Waals surface area contributed by atoms with E-state index >= 15 is 0 Å². The largest absolute Gasteiger partial charge is 0.365 e. The number of nitro benzene ring substituents is 1. The Balaban J connectivity index is 1.79. The molecule has 0 bridgehead atoms. The van der Waals surface area contributed by atoms with Crippen molar-refractivity contribution in [3.8, 4) is 0 Å². The molecule has 1 aliphatic rings. The van der Waals surface area contributed by atoms with Gasteiger partial charge in [0, 0.05) is 51.9 Å². The van der Waals surface area contributed by atoms with Crippen LogP contribution in [0.5, 0.6) is 0 Å². The Morgan fingerprint density at radius 1 is 1.03 bits per heavy atom. The van der Waals surface area contributed by atoms with E-state index in [1.807, 2.05) is 4.90 Å². The van der Waals surface area contributed by atoms with Gasteiger partial charge in [-0.2, -0.15) is 4.31 Å². The molecular weight excluding hydrogens is 435 g/mol. The van der Waals surface area contributed by atoms with Crippen LogP contribution < -0.4 is 4.90 Å². The fourth-order valence-electron chi connectivity index (χ4n) is 4.01. The number of hydrogen-bond acceptors (Lipinski definition) is 6. The van der Waals surface area contributed by atoms with Crippen LogP contribution in [0.25, 0.3) is 0 Å². The number of rotatable bonds is 8. The summed E-state index contributed by atoms with van der Waals surface area (Å²) in [7, 11) is -3.78. The van der Waals surface area contributed by atoms with Crippen molar-refractivity contribution < 1.29 is 17.7 Å². The number of hydrogen-bond donors (Lipinski definition) is 0. The van der Waals surface area contributed by atoms with Crippen LogP contribution in [0.2, 0.25) is 0 Å². The van der Waals surface area contributed by atoms with Gasteiger partial charge in [0.1, 0.15) is 11.5 Å². The first-order valence-corrected chi connectivity index (χ1v) is 12.2. The number of benzene rings is 2. The zero-order valence-corrected chi connectivity index (χ0v) is 19.2. The molecule has 1 fully saturated rings. The molecule has 1 saturated heterocycles. The molecular formula is C22H29FN4O4S.